The zero-order valence-corrected chi connectivity index (χ0v) is 17.1. The van der Waals surface area contributed by atoms with E-state index in [0.717, 1.165) is 12.3 Å². The van der Waals surface area contributed by atoms with Crippen molar-refractivity contribution in [1.29, 1.82) is 5.26 Å². The summed E-state index contributed by atoms with van der Waals surface area (Å²) >= 11 is 0. The van der Waals surface area contributed by atoms with E-state index in [0.29, 0.717) is 0 Å². The Labute approximate surface area is 171 Å². The molecule has 0 radical (unpaired) electrons. The molecule has 3 nitrogen and oxygen atoms in total. The molecular weight excluding hydrogens is 356 g/mol. The highest BCUT2D eigenvalue weighted by atomic mass is 16.5. The lowest BCUT2D eigenvalue weighted by Gasteiger charge is -2.13. The minimum absolute atomic E-state index is 0.0672. The molecule has 0 saturated carbocycles. The number of hydrogen-bond acceptors (Lipinski definition) is 2. The molecule has 3 aromatic carbocycles. The monoisotopic (exact) mass is 380 g/mol. The Hall–Kier alpha value is -3.51. The van der Waals surface area contributed by atoms with Crippen molar-refractivity contribution < 1.29 is 4.74 Å². The third kappa shape index (κ3) is 3.75. The van der Waals surface area contributed by atoms with Gasteiger partial charge in [0.25, 0.3) is 0 Å². The van der Waals surface area contributed by atoms with Gasteiger partial charge in [0, 0.05) is 17.4 Å². The van der Waals surface area contributed by atoms with Crippen LogP contribution in [0.1, 0.15) is 22.3 Å². The zero-order valence-electron chi connectivity index (χ0n) is 17.1. The van der Waals surface area contributed by atoms with Gasteiger partial charge in [-0.1, -0.05) is 53.6 Å². The number of rotatable bonds is 5. The summed E-state index contributed by atoms with van der Waals surface area (Å²) < 4.78 is 7.79. The van der Waals surface area contributed by atoms with Crippen LogP contribution in [0.2, 0.25) is 0 Å². The van der Waals surface area contributed by atoms with Crippen molar-refractivity contribution in [3.8, 4) is 23.1 Å². The molecular formula is C26H24N2O. The molecule has 1 heterocycles. The molecule has 0 spiro atoms. The third-order valence-corrected chi connectivity index (χ3v) is 5.36. The van der Waals surface area contributed by atoms with E-state index in [9.17, 15) is 0 Å². The predicted molar refractivity (Wildman–Crippen MR) is 118 cm³/mol. The van der Waals surface area contributed by atoms with Crippen molar-refractivity contribution in [2.45, 2.75) is 27.3 Å². The van der Waals surface area contributed by atoms with Gasteiger partial charge in [0.2, 0.25) is 0 Å². The van der Waals surface area contributed by atoms with Crippen LogP contribution in [0.4, 0.5) is 0 Å². The lowest BCUT2D eigenvalue weighted by molar-refractivity contribution is 0.368. The average molecular weight is 380 g/mol. The molecule has 0 atom stereocenters. The van der Waals surface area contributed by atoms with E-state index in [4.69, 9.17) is 10.00 Å². The van der Waals surface area contributed by atoms with Crippen LogP contribution in [-0.2, 0) is 6.54 Å². The maximum atomic E-state index is 8.68. The fourth-order valence-corrected chi connectivity index (χ4v) is 3.87. The maximum Gasteiger partial charge on any atom is 0.174 e. The van der Waals surface area contributed by atoms with E-state index < -0.39 is 0 Å². The van der Waals surface area contributed by atoms with E-state index in [1.807, 2.05) is 18.2 Å². The molecule has 3 heteroatoms. The van der Waals surface area contributed by atoms with Crippen molar-refractivity contribution in [3.63, 3.8) is 0 Å². The molecule has 1 aromatic heterocycles. The van der Waals surface area contributed by atoms with Gasteiger partial charge >= 0.3 is 0 Å². The molecule has 144 valence electrons. The summed E-state index contributed by atoms with van der Waals surface area (Å²) in [6.45, 7) is 7.31. The smallest absolute Gasteiger partial charge is 0.174 e. The average Bonchev–Trinajstić information content (AvgIpc) is 2.99. The first-order valence-electron chi connectivity index (χ1n) is 9.82. The highest BCUT2D eigenvalue weighted by Gasteiger charge is 2.16. The van der Waals surface area contributed by atoms with Crippen LogP contribution in [0.25, 0.3) is 22.2 Å². The van der Waals surface area contributed by atoms with E-state index in [1.165, 1.54) is 44.4 Å². The number of nitriles is 1. The second kappa shape index (κ2) is 7.85. The molecule has 0 saturated heterocycles. The van der Waals surface area contributed by atoms with Crippen molar-refractivity contribution in [2.75, 3.05) is 6.61 Å². The number of hydrogen-bond donors (Lipinski definition) is 0. The Morgan fingerprint density at radius 1 is 0.862 bits per heavy atom. The van der Waals surface area contributed by atoms with Crippen molar-refractivity contribution >= 4 is 10.9 Å². The molecule has 0 aliphatic carbocycles. The molecule has 4 rings (SSSR count). The van der Waals surface area contributed by atoms with E-state index in [1.54, 1.807) is 0 Å². The van der Waals surface area contributed by atoms with Crippen LogP contribution in [-0.4, -0.2) is 11.2 Å². The molecule has 29 heavy (non-hydrogen) atoms. The molecule has 4 aromatic rings. The first-order valence-corrected chi connectivity index (χ1v) is 9.82. The first kappa shape index (κ1) is 18.8. The fourth-order valence-electron chi connectivity index (χ4n) is 3.87. The quantitative estimate of drug-likeness (QED) is 0.414. The summed E-state index contributed by atoms with van der Waals surface area (Å²) in [6, 6.07) is 25.4. The summed E-state index contributed by atoms with van der Waals surface area (Å²) in [5.74, 6) is 0.721. The Bertz CT molecular complexity index is 1190. The largest absolute Gasteiger partial charge is 0.479 e. The summed E-state index contributed by atoms with van der Waals surface area (Å²) in [4.78, 5) is 0. The minimum Gasteiger partial charge on any atom is -0.479 e. The standard InChI is InChI=1S/C26H24N2O/c1-18-4-9-22(10-5-18)26-20(3)24-16-19(2)6-13-25(24)28(26)17-21-7-11-23(12-8-21)29-15-14-27/h4-13,16H,15,17H2,1-3H3. The predicted octanol–water partition coefficient (Wildman–Crippen LogP) is 6.18. The second-order valence-corrected chi connectivity index (χ2v) is 7.54. The molecule has 0 unspecified atom stereocenters. The SMILES string of the molecule is Cc1ccc(-c2c(C)c3cc(C)ccc3n2Cc2ccc(OCC#N)cc2)cc1. The number of fused-ring (bicyclic) bond motifs is 1. The van der Waals surface area contributed by atoms with Gasteiger partial charge in [-0.3, -0.25) is 0 Å². The van der Waals surface area contributed by atoms with Gasteiger partial charge < -0.3 is 9.30 Å². The highest BCUT2D eigenvalue weighted by molar-refractivity contribution is 5.92. The van der Waals surface area contributed by atoms with Gasteiger partial charge in [-0.2, -0.15) is 5.26 Å². The van der Waals surface area contributed by atoms with Crippen LogP contribution < -0.4 is 4.74 Å². The summed E-state index contributed by atoms with van der Waals surface area (Å²) in [5, 5.41) is 9.98. The van der Waals surface area contributed by atoms with Crippen molar-refractivity contribution in [1.82, 2.24) is 4.57 Å². The number of aryl methyl sites for hydroxylation is 3. The van der Waals surface area contributed by atoms with Gasteiger partial charge in [-0.05, 0) is 61.7 Å². The van der Waals surface area contributed by atoms with Crippen molar-refractivity contribution in [3.05, 3.63) is 89.0 Å². The normalized spacial score (nSPS) is 10.8. The molecule has 0 bridgehead atoms. The zero-order chi connectivity index (χ0) is 20.4. The summed E-state index contributed by atoms with van der Waals surface area (Å²) in [6.07, 6.45) is 0. The van der Waals surface area contributed by atoms with Gasteiger partial charge in [-0.25, -0.2) is 0 Å². The van der Waals surface area contributed by atoms with Crippen LogP contribution in [0, 0.1) is 32.1 Å². The fraction of sp³-hybridized carbons (Fsp3) is 0.192. The Balaban J connectivity index is 1.81. The number of ether oxygens (including phenoxy) is 1. The van der Waals surface area contributed by atoms with Crippen LogP contribution in [0.5, 0.6) is 5.75 Å². The van der Waals surface area contributed by atoms with E-state index in [-0.39, 0.29) is 6.61 Å². The topological polar surface area (TPSA) is 38.0 Å². The highest BCUT2D eigenvalue weighted by Crippen LogP contribution is 2.34. The van der Waals surface area contributed by atoms with Gasteiger partial charge in [0.05, 0.1) is 5.69 Å². The lowest BCUT2D eigenvalue weighted by Crippen LogP contribution is -2.02. The van der Waals surface area contributed by atoms with Gasteiger partial charge in [0.1, 0.15) is 11.8 Å². The number of nitrogens with zero attached hydrogens (tertiary/aromatic N) is 2. The summed E-state index contributed by atoms with van der Waals surface area (Å²) in [7, 11) is 0. The Morgan fingerprint density at radius 2 is 1.55 bits per heavy atom. The molecule has 0 amide bonds. The lowest BCUT2D eigenvalue weighted by atomic mass is 10.0. The molecule has 0 aliphatic rings. The van der Waals surface area contributed by atoms with Gasteiger partial charge in [-0.15, -0.1) is 0 Å². The molecule has 0 N–H and O–H groups in total. The molecule has 0 fully saturated rings. The molecule has 0 aliphatic heterocycles. The summed E-state index contributed by atoms with van der Waals surface area (Å²) in [5.41, 5.74) is 8.77. The van der Waals surface area contributed by atoms with Gasteiger partial charge in [0.15, 0.2) is 6.61 Å². The van der Waals surface area contributed by atoms with E-state index in [2.05, 4.69) is 79.9 Å². The number of aromatic nitrogens is 1. The Kier molecular flexibility index (Phi) is 5.10. The second-order valence-electron chi connectivity index (χ2n) is 7.54. The van der Waals surface area contributed by atoms with Crippen LogP contribution >= 0.6 is 0 Å². The minimum atomic E-state index is 0.0672. The van der Waals surface area contributed by atoms with Crippen molar-refractivity contribution in [2.24, 2.45) is 0 Å². The Morgan fingerprint density at radius 3 is 2.24 bits per heavy atom. The van der Waals surface area contributed by atoms with Crippen LogP contribution in [0.3, 0.4) is 0 Å². The van der Waals surface area contributed by atoms with Crippen LogP contribution in [0.15, 0.2) is 66.7 Å². The number of benzene rings is 3. The first-order chi connectivity index (χ1) is 14.1. The van der Waals surface area contributed by atoms with E-state index >= 15 is 0 Å². The third-order valence-electron chi connectivity index (χ3n) is 5.36. The maximum absolute atomic E-state index is 8.68.